The fourth-order valence-electron chi connectivity index (χ4n) is 1.88. The molecular weight excluding hydrogens is 276 g/mol. The van der Waals surface area contributed by atoms with Gasteiger partial charge in [0.2, 0.25) is 5.09 Å². The van der Waals surface area contributed by atoms with E-state index in [0.717, 1.165) is 11.1 Å². The molecular formula is C14H18N2O3S. The highest BCUT2D eigenvalue weighted by Gasteiger charge is 2.17. The minimum absolute atomic E-state index is 0.0952. The van der Waals surface area contributed by atoms with Crippen LogP contribution >= 0.6 is 0 Å². The Morgan fingerprint density at radius 3 is 2.70 bits per heavy atom. The zero-order valence-corrected chi connectivity index (χ0v) is 12.1. The van der Waals surface area contributed by atoms with Gasteiger partial charge in [0.25, 0.3) is 10.0 Å². The Balaban J connectivity index is 1.96. The molecule has 0 amide bonds. The first-order chi connectivity index (χ1) is 9.51. The van der Waals surface area contributed by atoms with Gasteiger partial charge in [-0.3, -0.25) is 0 Å². The van der Waals surface area contributed by atoms with Crippen molar-refractivity contribution in [1.82, 2.24) is 4.72 Å². The molecule has 108 valence electrons. The molecule has 0 unspecified atom stereocenters. The van der Waals surface area contributed by atoms with Crippen molar-refractivity contribution in [1.29, 1.82) is 0 Å². The van der Waals surface area contributed by atoms with Gasteiger partial charge in [0.1, 0.15) is 5.76 Å². The SMILES string of the molecule is Cc1cccc(CCNS(=O)(=O)c2ccc(CN)o2)c1. The molecule has 6 heteroatoms. The number of benzene rings is 1. The van der Waals surface area contributed by atoms with E-state index in [-0.39, 0.29) is 11.6 Å². The Labute approximate surface area is 118 Å². The molecule has 1 aromatic carbocycles. The van der Waals surface area contributed by atoms with E-state index in [9.17, 15) is 8.42 Å². The molecule has 0 radical (unpaired) electrons. The average molecular weight is 294 g/mol. The predicted molar refractivity (Wildman–Crippen MR) is 76.7 cm³/mol. The van der Waals surface area contributed by atoms with Crippen molar-refractivity contribution in [2.75, 3.05) is 6.54 Å². The normalized spacial score (nSPS) is 11.7. The van der Waals surface area contributed by atoms with Crippen LogP contribution in [0.1, 0.15) is 16.9 Å². The van der Waals surface area contributed by atoms with E-state index in [1.54, 1.807) is 6.07 Å². The first-order valence-electron chi connectivity index (χ1n) is 6.35. The largest absolute Gasteiger partial charge is 0.447 e. The second kappa shape index (κ2) is 6.21. The van der Waals surface area contributed by atoms with Gasteiger partial charge in [0.15, 0.2) is 0 Å². The van der Waals surface area contributed by atoms with Crippen LogP contribution < -0.4 is 10.5 Å². The predicted octanol–water partition coefficient (Wildman–Crippen LogP) is 1.57. The smallest absolute Gasteiger partial charge is 0.273 e. The molecule has 1 heterocycles. The second-order valence-corrected chi connectivity index (χ2v) is 6.26. The third-order valence-corrected chi connectivity index (χ3v) is 4.22. The van der Waals surface area contributed by atoms with Crippen molar-refractivity contribution in [3.63, 3.8) is 0 Å². The quantitative estimate of drug-likeness (QED) is 0.847. The molecule has 20 heavy (non-hydrogen) atoms. The number of hydrogen-bond donors (Lipinski definition) is 2. The first kappa shape index (κ1) is 14.8. The molecule has 0 saturated carbocycles. The Hall–Kier alpha value is -1.63. The van der Waals surface area contributed by atoms with E-state index in [2.05, 4.69) is 4.72 Å². The van der Waals surface area contributed by atoms with E-state index in [1.165, 1.54) is 6.07 Å². The van der Waals surface area contributed by atoms with Gasteiger partial charge in [-0.15, -0.1) is 0 Å². The van der Waals surface area contributed by atoms with Crippen molar-refractivity contribution >= 4 is 10.0 Å². The van der Waals surface area contributed by atoms with Crippen molar-refractivity contribution in [3.05, 3.63) is 53.3 Å². The Kier molecular flexibility index (Phi) is 4.59. The van der Waals surface area contributed by atoms with Crippen LogP contribution in [0.5, 0.6) is 0 Å². The van der Waals surface area contributed by atoms with E-state index in [4.69, 9.17) is 10.2 Å². The lowest BCUT2D eigenvalue weighted by Gasteiger charge is -2.05. The zero-order chi connectivity index (χ0) is 14.6. The molecule has 2 rings (SSSR count). The number of nitrogens with two attached hydrogens (primary N) is 1. The summed E-state index contributed by atoms with van der Waals surface area (Å²) in [6.45, 7) is 2.51. The van der Waals surface area contributed by atoms with Crippen LogP contribution in [0.2, 0.25) is 0 Å². The maximum absolute atomic E-state index is 12.0. The number of aryl methyl sites for hydroxylation is 1. The van der Waals surface area contributed by atoms with Gasteiger partial charge in [-0.1, -0.05) is 29.8 Å². The first-order valence-corrected chi connectivity index (χ1v) is 7.83. The van der Waals surface area contributed by atoms with Crippen LogP contribution in [0.3, 0.4) is 0 Å². The molecule has 2 aromatic rings. The van der Waals surface area contributed by atoms with Gasteiger partial charge >= 0.3 is 0 Å². The van der Waals surface area contributed by atoms with Gasteiger partial charge in [-0.2, -0.15) is 0 Å². The highest BCUT2D eigenvalue weighted by molar-refractivity contribution is 7.89. The number of hydrogen-bond acceptors (Lipinski definition) is 4. The maximum atomic E-state index is 12.0. The fourth-order valence-corrected chi connectivity index (χ4v) is 2.86. The summed E-state index contributed by atoms with van der Waals surface area (Å²) in [7, 11) is -3.60. The number of sulfonamides is 1. The number of nitrogens with one attached hydrogen (secondary N) is 1. The molecule has 3 N–H and O–H groups in total. The van der Waals surface area contributed by atoms with E-state index in [0.29, 0.717) is 18.7 Å². The molecule has 0 aliphatic heterocycles. The van der Waals surface area contributed by atoms with Crippen LogP contribution in [-0.2, 0) is 23.0 Å². The van der Waals surface area contributed by atoms with Crippen LogP contribution in [0.25, 0.3) is 0 Å². The molecule has 0 atom stereocenters. The van der Waals surface area contributed by atoms with Gasteiger partial charge < -0.3 is 10.2 Å². The molecule has 5 nitrogen and oxygen atoms in total. The molecule has 0 fully saturated rings. The minimum Gasteiger partial charge on any atom is -0.447 e. The molecule has 0 saturated heterocycles. The summed E-state index contributed by atoms with van der Waals surface area (Å²) in [6.07, 6.45) is 0.630. The summed E-state index contributed by atoms with van der Waals surface area (Å²) < 4.78 is 31.6. The second-order valence-electron chi connectivity index (χ2n) is 4.56. The lowest BCUT2D eigenvalue weighted by atomic mass is 10.1. The third-order valence-electron chi connectivity index (χ3n) is 2.89. The maximum Gasteiger partial charge on any atom is 0.273 e. The van der Waals surface area contributed by atoms with Crippen molar-refractivity contribution < 1.29 is 12.8 Å². The topological polar surface area (TPSA) is 85.3 Å². The van der Waals surface area contributed by atoms with Gasteiger partial charge in [0, 0.05) is 6.54 Å². The van der Waals surface area contributed by atoms with Gasteiger partial charge in [0.05, 0.1) is 6.54 Å². The Morgan fingerprint density at radius 1 is 1.25 bits per heavy atom. The molecule has 0 aliphatic carbocycles. The highest BCUT2D eigenvalue weighted by Crippen LogP contribution is 2.13. The van der Waals surface area contributed by atoms with Crippen molar-refractivity contribution in [2.45, 2.75) is 25.0 Å². The minimum atomic E-state index is -3.60. The monoisotopic (exact) mass is 294 g/mol. The average Bonchev–Trinajstić information content (AvgIpc) is 2.88. The standard InChI is InChI=1S/C14H18N2O3S/c1-11-3-2-4-12(9-11)7-8-16-20(17,18)14-6-5-13(10-15)19-14/h2-6,9,16H,7-8,10,15H2,1H3. The summed E-state index contributed by atoms with van der Waals surface area (Å²) in [6, 6.07) is 10.9. The van der Waals surface area contributed by atoms with E-state index < -0.39 is 10.0 Å². The summed E-state index contributed by atoms with van der Waals surface area (Å²) in [5.41, 5.74) is 7.64. The van der Waals surface area contributed by atoms with Crippen LogP contribution in [0, 0.1) is 6.92 Å². The molecule has 1 aromatic heterocycles. The summed E-state index contributed by atoms with van der Waals surface area (Å²) in [5.74, 6) is 0.448. The lowest BCUT2D eigenvalue weighted by Crippen LogP contribution is -2.25. The van der Waals surface area contributed by atoms with Gasteiger partial charge in [-0.05, 0) is 31.0 Å². The molecule has 0 bridgehead atoms. The molecule has 0 spiro atoms. The lowest BCUT2D eigenvalue weighted by molar-refractivity contribution is 0.413. The van der Waals surface area contributed by atoms with Gasteiger partial charge in [-0.25, -0.2) is 13.1 Å². The van der Waals surface area contributed by atoms with Crippen LogP contribution in [-0.4, -0.2) is 15.0 Å². The fraction of sp³-hybridized carbons (Fsp3) is 0.286. The van der Waals surface area contributed by atoms with Crippen molar-refractivity contribution in [2.24, 2.45) is 5.73 Å². The zero-order valence-electron chi connectivity index (χ0n) is 11.3. The van der Waals surface area contributed by atoms with Crippen molar-refractivity contribution in [3.8, 4) is 0 Å². The van der Waals surface area contributed by atoms with Crippen LogP contribution in [0.15, 0.2) is 45.9 Å². The van der Waals surface area contributed by atoms with E-state index >= 15 is 0 Å². The van der Waals surface area contributed by atoms with E-state index in [1.807, 2.05) is 31.2 Å². The Morgan fingerprint density at radius 2 is 2.05 bits per heavy atom. The van der Waals surface area contributed by atoms with Crippen LogP contribution in [0.4, 0.5) is 0 Å². The summed E-state index contributed by atoms with van der Waals surface area (Å²) in [5, 5.41) is -0.0952. The number of rotatable bonds is 6. The third kappa shape index (κ3) is 3.69. The Bertz CT molecular complexity index is 677. The highest BCUT2D eigenvalue weighted by atomic mass is 32.2. The summed E-state index contributed by atoms with van der Waals surface area (Å²) >= 11 is 0. The molecule has 0 aliphatic rings. The number of furan rings is 1. The summed E-state index contributed by atoms with van der Waals surface area (Å²) in [4.78, 5) is 0.